The van der Waals surface area contributed by atoms with E-state index in [-0.39, 0.29) is 12.2 Å². The highest BCUT2D eigenvalue weighted by Gasteiger charge is 2.34. The first-order chi connectivity index (χ1) is 14.3. The average molecular weight is 425 g/mol. The Labute approximate surface area is 173 Å². The van der Waals surface area contributed by atoms with Crippen molar-refractivity contribution in [2.75, 3.05) is 32.2 Å². The van der Waals surface area contributed by atoms with Crippen LogP contribution in [0.3, 0.4) is 0 Å². The van der Waals surface area contributed by atoms with Crippen molar-refractivity contribution in [3.8, 4) is 5.75 Å². The van der Waals surface area contributed by atoms with Gasteiger partial charge in [-0.3, -0.25) is 0 Å². The number of rotatable bonds is 8. The van der Waals surface area contributed by atoms with E-state index in [1.54, 1.807) is 21.0 Å². The highest BCUT2D eigenvalue weighted by atomic mass is 19.3. The summed E-state index contributed by atoms with van der Waals surface area (Å²) in [6, 6.07) is 3.33. The number of aromatic nitrogens is 2. The van der Waals surface area contributed by atoms with E-state index in [2.05, 4.69) is 15.3 Å². The van der Waals surface area contributed by atoms with Crippen LogP contribution in [-0.2, 0) is 9.47 Å². The van der Waals surface area contributed by atoms with Gasteiger partial charge in [-0.1, -0.05) is 18.2 Å². The largest absolute Gasteiger partial charge is 0.485 e. The van der Waals surface area contributed by atoms with Gasteiger partial charge < -0.3 is 19.5 Å². The van der Waals surface area contributed by atoms with Crippen LogP contribution in [0.25, 0.3) is 0 Å². The standard InChI is InChI=1S/C21H26F3N3O3/c1-13(15-5-4-6-16(18(15)22)19(23)24)26-20-17(11-25-14(2)27-20)30-12-21(28-3)7-9-29-10-8-21/h4-6,11,13,19H,7-10,12H2,1-3H3,(H,25,26,27)/t13-/m1/s1. The first kappa shape index (κ1) is 22.3. The maximum atomic E-state index is 14.5. The van der Waals surface area contributed by atoms with Crippen LogP contribution in [0.15, 0.2) is 24.4 Å². The molecule has 1 aliphatic heterocycles. The summed E-state index contributed by atoms with van der Waals surface area (Å²) >= 11 is 0. The number of methoxy groups -OCH3 is 1. The molecule has 0 spiro atoms. The molecule has 0 unspecified atom stereocenters. The molecule has 1 aromatic heterocycles. The zero-order chi connectivity index (χ0) is 21.7. The molecule has 0 amide bonds. The van der Waals surface area contributed by atoms with E-state index in [0.717, 1.165) is 6.07 Å². The summed E-state index contributed by atoms with van der Waals surface area (Å²) in [5.41, 5.74) is -0.977. The predicted molar refractivity (Wildman–Crippen MR) is 105 cm³/mol. The fraction of sp³-hybridized carbons (Fsp3) is 0.524. The Bertz CT molecular complexity index is 861. The monoisotopic (exact) mass is 425 g/mol. The molecule has 0 bridgehead atoms. The van der Waals surface area contributed by atoms with Crippen LogP contribution in [0.2, 0.25) is 0 Å². The van der Waals surface area contributed by atoms with Gasteiger partial charge in [-0.2, -0.15) is 0 Å². The number of hydrogen-bond donors (Lipinski definition) is 1. The smallest absolute Gasteiger partial charge is 0.266 e. The summed E-state index contributed by atoms with van der Waals surface area (Å²) in [6.07, 6.45) is 0.0376. The Kier molecular flexibility index (Phi) is 7.14. The van der Waals surface area contributed by atoms with Crippen molar-refractivity contribution in [3.05, 3.63) is 47.2 Å². The lowest BCUT2D eigenvalue weighted by molar-refractivity contribution is -0.110. The zero-order valence-electron chi connectivity index (χ0n) is 17.3. The van der Waals surface area contributed by atoms with Gasteiger partial charge in [0, 0.05) is 38.7 Å². The lowest BCUT2D eigenvalue weighted by Crippen LogP contribution is -2.43. The number of benzene rings is 1. The van der Waals surface area contributed by atoms with Gasteiger partial charge in [-0.25, -0.2) is 23.1 Å². The quantitative estimate of drug-likeness (QED) is 0.666. The molecule has 30 heavy (non-hydrogen) atoms. The van der Waals surface area contributed by atoms with E-state index in [4.69, 9.17) is 14.2 Å². The summed E-state index contributed by atoms with van der Waals surface area (Å²) in [4.78, 5) is 8.53. The number of hydrogen-bond acceptors (Lipinski definition) is 6. The number of halogens is 3. The normalized spacial score (nSPS) is 17.0. The van der Waals surface area contributed by atoms with Crippen LogP contribution in [0.1, 0.15) is 49.2 Å². The lowest BCUT2D eigenvalue weighted by Gasteiger charge is -2.35. The molecular weight excluding hydrogens is 399 g/mol. The minimum absolute atomic E-state index is 0.118. The van der Waals surface area contributed by atoms with Gasteiger partial charge in [-0.15, -0.1) is 0 Å². The van der Waals surface area contributed by atoms with E-state index >= 15 is 0 Å². The minimum Gasteiger partial charge on any atom is -0.485 e. The number of anilines is 1. The second-order valence-electron chi connectivity index (χ2n) is 7.34. The molecule has 164 valence electrons. The first-order valence-corrected chi connectivity index (χ1v) is 9.77. The van der Waals surface area contributed by atoms with Gasteiger partial charge in [0.05, 0.1) is 17.8 Å². The molecule has 1 atom stereocenters. The Morgan fingerprint density at radius 3 is 2.60 bits per heavy atom. The van der Waals surface area contributed by atoms with Crippen LogP contribution in [0.5, 0.6) is 5.75 Å². The van der Waals surface area contributed by atoms with Crippen LogP contribution in [0.4, 0.5) is 19.0 Å². The van der Waals surface area contributed by atoms with Crippen molar-refractivity contribution in [2.45, 2.75) is 44.8 Å². The van der Waals surface area contributed by atoms with Gasteiger partial charge in [0.15, 0.2) is 11.6 Å². The number of nitrogens with one attached hydrogen (secondary N) is 1. The average Bonchev–Trinajstić information content (AvgIpc) is 2.73. The lowest BCUT2D eigenvalue weighted by atomic mass is 9.95. The summed E-state index contributed by atoms with van der Waals surface area (Å²) in [6.45, 7) is 4.83. The molecule has 1 fully saturated rings. The molecule has 2 aromatic rings. The van der Waals surface area contributed by atoms with Crippen molar-refractivity contribution in [3.63, 3.8) is 0 Å². The zero-order valence-corrected chi connectivity index (χ0v) is 17.3. The second-order valence-corrected chi connectivity index (χ2v) is 7.34. The SMILES string of the molecule is COC1(COc2cnc(C)nc2N[C@H](C)c2cccc(C(F)F)c2F)CCOCC1. The third-order valence-electron chi connectivity index (χ3n) is 5.32. The highest BCUT2D eigenvalue weighted by molar-refractivity contribution is 5.50. The van der Waals surface area contributed by atoms with Crippen molar-refractivity contribution < 1.29 is 27.4 Å². The molecule has 9 heteroatoms. The third-order valence-corrected chi connectivity index (χ3v) is 5.32. The summed E-state index contributed by atoms with van der Waals surface area (Å²) in [7, 11) is 1.64. The van der Waals surface area contributed by atoms with Crippen LogP contribution in [0, 0.1) is 12.7 Å². The summed E-state index contributed by atoms with van der Waals surface area (Å²) < 4.78 is 57.7. The predicted octanol–water partition coefficient (Wildman–Crippen LogP) is 4.61. The van der Waals surface area contributed by atoms with Gasteiger partial charge in [0.25, 0.3) is 6.43 Å². The van der Waals surface area contributed by atoms with Crippen molar-refractivity contribution in [1.82, 2.24) is 9.97 Å². The number of nitrogens with zero attached hydrogens (tertiary/aromatic N) is 2. The Hall–Kier alpha value is -2.39. The van der Waals surface area contributed by atoms with E-state index in [9.17, 15) is 13.2 Å². The van der Waals surface area contributed by atoms with Crippen molar-refractivity contribution >= 4 is 5.82 Å². The van der Waals surface area contributed by atoms with Gasteiger partial charge in [-0.05, 0) is 13.8 Å². The number of aryl methyl sites for hydroxylation is 1. The molecule has 3 rings (SSSR count). The third kappa shape index (κ3) is 5.02. The second kappa shape index (κ2) is 9.61. The first-order valence-electron chi connectivity index (χ1n) is 9.77. The fourth-order valence-electron chi connectivity index (χ4n) is 3.38. The maximum Gasteiger partial charge on any atom is 0.266 e. The summed E-state index contributed by atoms with van der Waals surface area (Å²) in [5, 5.41) is 3.07. The van der Waals surface area contributed by atoms with Crippen molar-refractivity contribution in [2.24, 2.45) is 0 Å². The molecule has 6 nitrogen and oxygen atoms in total. The van der Waals surface area contributed by atoms with E-state index < -0.39 is 29.4 Å². The minimum atomic E-state index is -2.89. The molecular formula is C21H26F3N3O3. The maximum absolute atomic E-state index is 14.5. The van der Waals surface area contributed by atoms with Crippen LogP contribution >= 0.6 is 0 Å². The molecule has 1 saturated heterocycles. The van der Waals surface area contributed by atoms with Gasteiger partial charge in [0.2, 0.25) is 0 Å². The molecule has 1 aromatic carbocycles. The van der Waals surface area contributed by atoms with Crippen LogP contribution in [-0.4, -0.2) is 42.5 Å². The Balaban J connectivity index is 1.79. The fourth-order valence-corrected chi connectivity index (χ4v) is 3.38. The van der Waals surface area contributed by atoms with Gasteiger partial charge in [0.1, 0.15) is 23.8 Å². The number of ether oxygens (including phenoxy) is 3. The molecule has 0 aliphatic carbocycles. The number of alkyl halides is 2. The van der Waals surface area contributed by atoms with E-state index in [1.807, 2.05) is 0 Å². The Morgan fingerprint density at radius 2 is 1.93 bits per heavy atom. The van der Waals surface area contributed by atoms with Crippen LogP contribution < -0.4 is 10.1 Å². The molecule has 2 heterocycles. The van der Waals surface area contributed by atoms with E-state index in [1.165, 1.54) is 18.3 Å². The Morgan fingerprint density at radius 1 is 1.23 bits per heavy atom. The molecule has 0 radical (unpaired) electrons. The molecule has 1 N–H and O–H groups in total. The van der Waals surface area contributed by atoms with Gasteiger partial charge >= 0.3 is 0 Å². The topological polar surface area (TPSA) is 65.5 Å². The van der Waals surface area contributed by atoms with Crippen molar-refractivity contribution in [1.29, 1.82) is 0 Å². The summed E-state index contributed by atoms with van der Waals surface area (Å²) in [5.74, 6) is 0.295. The van der Waals surface area contributed by atoms with E-state index in [0.29, 0.717) is 43.4 Å². The molecule has 0 saturated carbocycles. The highest BCUT2D eigenvalue weighted by Crippen LogP contribution is 2.32. The molecule has 1 aliphatic rings.